The summed E-state index contributed by atoms with van der Waals surface area (Å²) in [6.45, 7) is 7.31. The number of hydrogen-bond acceptors (Lipinski definition) is 7. The van der Waals surface area contributed by atoms with E-state index >= 15 is 0 Å². The highest BCUT2D eigenvalue weighted by atomic mass is 35.5. The fourth-order valence-electron chi connectivity index (χ4n) is 2.52. The molecule has 21 heavy (non-hydrogen) atoms. The number of morpholine rings is 2. The van der Waals surface area contributed by atoms with Crippen molar-refractivity contribution in [1.82, 2.24) is 15.0 Å². The molecule has 0 aromatic carbocycles. The lowest BCUT2D eigenvalue weighted by Gasteiger charge is -2.33. The predicted molar refractivity (Wildman–Crippen MR) is 80.1 cm³/mol. The average Bonchev–Trinajstić information content (AvgIpc) is 2.55. The quantitative estimate of drug-likeness (QED) is 0.824. The monoisotopic (exact) mass is 313 g/mol. The number of nitrogens with zero attached hydrogens (tertiary/aromatic N) is 5. The number of hydrogen-bond donors (Lipinski definition) is 0. The standard InChI is InChI=1S/C13H20ClN5O2/c1-2-10-9-19(5-8-21-10)13-16-11(14)15-12(17-13)18-3-6-20-7-4-18/h10H,2-9H2,1H3. The Kier molecular flexibility index (Phi) is 4.72. The van der Waals surface area contributed by atoms with Crippen LogP contribution in [0.3, 0.4) is 0 Å². The highest BCUT2D eigenvalue weighted by Crippen LogP contribution is 2.20. The highest BCUT2D eigenvalue weighted by Gasteiger charge is 2.23. The molecule has 1 aromatic heterocycles. The Morgan fingerprint density at radius 3 is 2.43 bits per heavy atom. The van der Waals surface area contributed by atoms with E-state index in [2.05, 4.69) is 31.7 Å². The third kappa shape index (κ3) is 3.53. The van der Waals surface area contributed by atoms with Crippen molar-refractivity contribution < 1.29 is 9.47 Å². The van der Waals surface area contributed by atoms with Crippen molar-refractivity contribution in [2.75, 3.05) is 55.8 Å². The van der Waals surface area contributed by atoms with Gasteiger partial charge in [-0.15, -0.1) is 0 Å². The van der Waals surface area contributed by atoms with Gasteiger partial charge in [-0.25, -0.2) is 0 Å². The van der Waals surface area contributed by atoms with Gasteiger partial charge >= 0.3 is 0 Å². The second-order valence-corrected chi connectivity index (χ2v) is 5.49. The van der Waals surface area contributed by atoms with Crippen LogP contribution in [0.1, 0.15) is 13.3 Å². The van der Waals surface area contributed by atoms with Crippen molar-refractivity contribution in [3.63, 3.8) is 0 Å². The number of anilines is 2. The van der Waals surface area contributed by atoms with E-state index in [0.29, 0.717) is 31.7 Å². The third-order valence-corrected chi connectivity index (χ3v) is 3.92. The van der Waals surface area contributed by atoms with Gasteiger partial charge in [0.2, 0.25) is 17.2 Å². The van der Waals surface area contributed by atoms with Crippen LogP contribution in [0.5, 0.6) is 0 Å². The van der Waals surface area contributed by atoms with E-state index in [0.717, 1.165) is 32.6 Å². The maximum atomic E-state index is 6.08. The third-order valence-electron chi connectivity index (χ3n) is 3.76. The van der Waals surface area contributed by atoms with Crippen molar-refractivity contribution >= 4 is 23.5 Å². The molecule has 116 valence electrons. The van der Waals surface area contributed by atoms with Gasteiger partial charge in [-0.1, -0.05) is 6.92 Å². The Balaban J connectivity index is 1.80. The largest absolute Gasteiger partial charge is 0.378 e. The molecule has 0 aliphatic carbocycles. The minimum Gasteiger partial charge on any atom is -0.378 e. The summed E-state index contributed by atoms with van der Waals surface area (Å²) in [5.41, 5.74) is 0. The smallest absolute Gasteiger partial charge is 0.231 e. The predicted octanol–water partition coefficient (Wildman–Crippen LogP) is 0.977. The van der Waals surface area contributed by atoms with Crippen molar-refractivity contribution in [3.05, 3.63) is 5.28 Å². The van der Waals surface area contributed by atoms with E-state index in [-0.39, 0.29) is 11.4 Å². The molecule has 1 atom stereocenters. The Morgan fingerprint density at radius 2 is 1.71 bits per heavy atom. The Morgan fingerprint density at radius 1 is 1.05 bits per heavy atom. The number of halogens is 1. The van der Waals surface area contributed by atoms with Crippen LogP contribution in [-0.4, -0.2) is 67.1 Å². The fourth-order valence-corrected chi connectivity index (χ4v) is 2.67. The molecule has 3 rings (SSSR count). The normalized spacial score (nSPS) is 23.4. The van der Waals surface area contributed by atoms with Crippen LogP contribution in [0.2, 0.25) is 5.28 Å². The van der Waals surface area contributed by atoms with E-state index in [1.807, 2.05) is 0 Å². The van der Waals surface area contributed by atoms with Gasteiger partial charge < -0.3 is 19.3 Å². The first-order valence-electron chi connectivity index (χ1n) is 7.37. The van der Waals surface area contributed by atoms with Gasteiger partial charge in [0.05, 0.1) is 25.9 Å². The minimum absolute atomic E-state index is 0.223. The lowest BCUT2D eigenvalue weighted by Crippen LogP contribution is -2.43. The van der Waals surface area contributed by atoms with Gasteiger partial charge in [0, 0.05) is 26.2 Å². The Bertz CT molecular complexity index is 484. The molecule has 8 heteroatoms. The molecule has 0 bridgehead atoms. The molecule has 2 aliphatic rings. The highest BCUT2D eigenvalue weighted by molar-refractivity contribution is 6.28. The first-order valence-corrected chi connectivity index (χ1v) is 7.75. The SMILES string of the molecule is CCC1CN(c2nc(Cl)nc(N3CCOCC3)n2)CCO1. The van der Waals surface area contributed by atoms with Crippen molar-refractivity contribution in [3.8, 4) is 0 Å². The van der Waals surface area contributed by atoms with Crippen LogP contribution in [0.25, 0.3) is 0 Å². The van der Waals surface area contributed by atoms with Gasteiger partial charge in [-0.3, -0.25) is 0 Å². The molecule has 1 unspecified atom stereocenters. The fraction of sp³-hybridized carbons (Fsp3) is 0.769. The Labute approximate surface area is 129 Å². The van der Waals surface area contributed by atoms with Gasteiger partial charge in [0.25, 0.3) is 0 Å². The minimum atomic E-state index is 0.223. The summed E-state index contributed by atoms with van der Waals surface area (Å²) >= 11 is 6.08. The zero-order chi connectivity index (χ0) is 14.7. The topological polar surface area (TPSA) is 63.6 Å². The number of ether oxygens (including phenoxy) is 2. The number of rotatable bonds is 3. The molecule has 2 fully saturated rings. The molecule has 0 radical (unpaired) electrons. The van der Waals surface area contributed by atoms with Crippen LogP contribution in [0.4, 0.5) is 11.9 Å². The molecule has 2 aliphatic heterocycles. The first kappa shape index (κ1) is 14.7. The van der Waals surface area contributed by atoms with Crippen molar-refractivity contribution in [2.45, 2.75) is 19.4 Å². The average molecular weight is 314 g/mol. The van der Waals surface area contributed by atoms with Gasteiger partial charge in [0.15, 0.2) is 0 Å². The van der Waals surface area contributed by atoms with E-state index < -0.39 is 0 Å². The van der Waals surface area contributed by atoms with Crippen LogP contribution in [0.15, 0.2) is 0 Å². The van der Waals surface area contributed by atoms with E-state index in [9.17, 15) is 0 Å². The lowest BCUT2D eigenvalue weighted by molar-refractivity contribution is 0.0378. The second-order valence-electron chi connectivity index (χ2n) is 5.15. The van der Waals surface area contributed by atoms with Crippen molar-refractivity contribution in [1.29, 1.82) is 0 Å². The zero-order valence-corrected chi connectivity index (χ0v) is 12.9. The molecule has 0 spiro atoms. The molecule has 0 saturated carbocycles. The number of aromatic nitrogens is 3. The summed E-state index contributed by atoms with van der Waals surface area (Å²) in [6, 6.07) is 0. The molecule has 1 aromatic rings. The summed E-state index contributed by atoms with van der Waals surface area (Å²) in [6.07, 6.45) is 1.20. The Hall–Kier alpha value is -1.18. The van der Waals surface area contributed by atoms with Gasteiger partial charge in [-0.05, 0) is 18.0 Å². The van der Waals surface area contributed by atoms with Gasteiger partial charge in [0.1, 0.15) is 0 Å². The molecule has 7 nitrogen and oxygen atoms in total. The van der Waals surface area contributed by atoms with Gasteiger partial charge in [-0.2, -0.15) is 15.0 Å². The second kappa shape index (κ2) is 6.72. The summed E-state index contributed by atoms with van der Waals surface area (Å²) in [4.78, 5) is 17.3. The van der Waals surface area contributed by atoms with E-state index in [1.54, 1.807) is 0 Å². The molecule has 0 N–H and O–H groups in total. The summed E-state index contributed by atoms with van der Waals surface area (Å²) in [5.74, 6) is 1.27. The first-order chi connectivity index (χ1) is 10.3. The molecular weight excluding hydrogens is 294 g/mol. The zero-order valence-electron chi connectivity index (χ0n) is 12.2. The van der Waals surface area contributed by atoms with Crippen LogP contribution in [-0.2, 0) is 9.47 Å². The van der Waals surface area contributed by atoms with E-state index in [4.69, 9.17) is 21.1 Å². The molecular formula is C13H20ClN5O2. The molecule has 0 amide bonds. The maximum Gasteiger partial charge on any atom is 0.231 e. The summed E-state index contributed by atoms with van der Waals surface area (Å²) in [7, 11) is 0. The van der Waals surface area contributed by atoms with E-state index in [1.165, 1.54) is 0 Å². The summed E-state index contributed by atoms with van der Waals surface area (Å²) < 4.78 is 11.0. The lowest BCUT2D eigenvalue weighted by atomic mass is 10.2. The van der Waals surface area contributed by atoms with Crippen LogP contribution >= 0.6 is 11.6 Å². The maximum absolute atomic E-state index is 6.08. The molecule has 2 saturated heterocycles. The van der Waals surface area contributed by atoms with Crippen molar-refractivity contribution in [2.24, 2.45) is 0 Å². The van der Waals surface area contributed by atoms with Crippen LogP contribution < -0.4 is 9.80 Å². The summed E-state index contributed by atoms with van der Waals surface area (Å²) in [5, 5.41) is 0.237. The van der Waals surface area contributed by atoms with Crippen LogP contribution in [0, 0.1) is 0 Å². The molecule has 3 heterocycles.